The van der Waals surface area contributed by atoms with Gasteiger partial charge >= 0.3 is 0 Å². The summed E-state index contributed by atoms with van der Waals surface area (Å²) in [6.07, 6.45) is 2.42. The topological polar surface area (TPSA) is 60.9 Å². The number of nitrogens with zero attached hydrogens (tertiary/aromatic N) is 3. The molecule has 0 spiro atoms. The lowest BCUT2D eigenvalue weighted by Gasteiger charge is -2.34. The van der Waals surface area contributed by atoms with E-state index in [0.29, 0.717) is 49.9 Å². The van der Waals surface area contributed by atoms with E-state index in [1.807, 2.05) is 4.90 Å². The van der Waals surface area contributed by atoms with Crippen molar-refractivity contribution in [2.45, 2.75) is 26.2 Å². The van der Waals surface area contributed by atoms with E-state index in [4.69, 9.17) is 11.6 Å². The first-order chi connectivity index (χ1) is 13.0. The minimum absolute atomic E-state index is 0.0530. The zero-order valence-electron chi connectivity index (χ0n) is 15.7. The van der Waals surface area contributed by atoms with Crippen LogP contribution < -0.4 is 0 Å². The summed E-state index contributed by atoms with van der Waals surface area (Å²) in [5, 5.41) is 0.596. The minimum Gasteiger partial charge on any atom is -0.341 e. The fraction of sp³-hybridized carbons (Fsp3) is 0.550. The van der Waals surface area contributed by atoms with Crippen molar-refractivity contribution < 1.29 is 14.4 Å². The van der Waals surface area contributed by atoms with Crippen LogP contribution in [0.5, 0.6) is 0 Å². The summed E-state index contributed by atoms with van der Waals surface area (Å²) in [6, 6.07) is 6.86. The zero-order valence-corrected chi connectivity index (χ0v) is 16.5. The number of likely N-dealkylation sites (tertiary alicyclic amines) is 1. The molecule has 0 radical (unpaired) electrons. The Morgan fingerprint density at radius 2 is 1.52 bits per heavy atom. The molecule has 0 aliphatic carbocycles. The Hall–Kier alpha value is -2.08. The highest BCUT2D eigenvalue weighted by Gasteiger charge is 2.32. The van der Waals surface area contributed by atoms with Crippen molar-refractivity contribution in [1.82, 2.24) is 14.7 Å². The van der Waals surface area contributed by atoms with Gasteiger partial charge in [0.15, 0.2) is 0 Å². The maximum absolute atomic E-state index is 13.0. The second-order valence-corrected chi connectivity index (χ2v) is 7.72. The first-order valence-corrected chi connectivity index (χ1v) is 9.92. The molecule has 0 saturated carbocycles. The Morgan fingerprint density at radius 1 is 0.889 bits per heavy atom. The van der Waals surface area contributed by atoms with Crippen molar-refractivity contribution in [2.75, 3.05) is 39.3 Å². The third-order valence-corrected chi connectivity index (χ3v) is 5.65. The van der Waals surface area contributed by atoms with E-state index in [1.54, 1.807) is 41.0 Å². The second kappa shape index (κ2) is 8.74. The van der Waals surface area contributed by atoms with Crippen molar-refractivity contribution in [3.63, 3.8) is 0 Å². The summed E-state index contributed by atoms with van der Waals surface area (Å²) >= 11 is 5.90. The molecule has 2 saturated heterocycles. The molecule has 1 aromatic carbocycles. The Morgan fingerprint density at radius 3 is 2.22 bits per heavy atom. The van der Waals surface area contributed by atoms with Crippen LogP contribution in [0.25, 0.3) is 0 Å². The number of benzene rings is 1. The van der Waals surface area contributed by atoms with Crippen molar-refractivity contribution in [3.8, 4) is 0 Å². The third-order valence-electron chi connectivity index (χ3n) is 5.40. The molecular weight excluding hydrogens is 366 g/mol. The molecule has 1 aromatic rings. The maximum atomic E-state index is 13.0. The van der Waals surface area contributed by atoms with Gasteiger partial charge in [-0.25, -0.2) is 0 Å². The first kappa shape index (κ1) is 19.7. The number of hydrogen-bond acceptors (Lipinski definition) is 3. The average Bonchev–Trinajstić information content (AvgIpc) is 2.94. The highest BCUT2D eigenvalue weighted by atomic mass is 35.5. The smallest absolute Gasteiger partial charge is 0.253 e. The zero-order chi connectivity index (χ0) is 19.4. The van der Waals surface area contributed by atoms with Crippen LogP contribution in [0.4, 0.5) is 0 Å². The summed E-state index contributed by atoms with van der Waals surface area (Å²) < 4.78 is 0. The molecule has 2 fully saturated rings. The second-order valence-electron chi connectivity index (χ2n) is 7.28. The monoisotopic (exact) mass is 391 g/mol. The molecule has 0 bridgehead atoms. The van der Waals surface area contributed by atoms with Crippen LogP contribution in [-0.4, -0.2) is 71.7 Å². The average molecular weight is 392 g/mol. The van der Waals surface area contributed by atoms with Gasteiger partial charge in [0.25, 0.3) is 5.91 Å². The number of piperidine rings is 1. The van der Waals surface area contributed by atoms with Crippen LogP contribution in [0, 0.1) is 5.92 Å². The normalized spacial score (nSPS) is 21.0. The molecular formula is C20H26ClN3O3. The molecule has 1 atom stereocenters. The van der Waals surface area contributed by atoms with Gasteiger partial charge in [0.2, 0.25) is 11.8 Å². The molecule has 3 amide bonds. The van der Waals surface area contributed by atoms with Gasteiger partial charge in [0.05, 0.1) is 5.92 Å². The molecule has 3 rings (SSSR count). The van der Waals surface area contributed by atoms with E-state index < -0.39 is 0 Å². The lowest BCUT2D eigenvalue weighted by molar-refractivity contribution is -0.137. The highest BCUT2D eigenvalue weighted by Crippen LogP contribution is 2.22. The Kier molecular flexibility index (Phi) is 6.37. The first-order valence-electron chi connectivity index (χ1n) is 9.55. The Bertz CT molecular complexity index is 707. The number of carbonyl (C=O) groups is 3. The largest absolute Gasteiger partial charge is 0.341 e. The van der Waals surface area contributed by atoms with E-state index >= 15 is 0 Å². The lowest BCUT2D eigenvalue weighted by Crippen LogP contribution is -2.47. The standard InChI is InChI=1S/C20H26ClN3O3/c1-15(25)22-10-3-11-23(13-12-22)20(27)17-4-2-9-24(14-17)19(26)16-5-7-18(21)8-6-16/h5-8,17H,2-4,9-14H2,1H3. The SMILES string of the molecule is CC(=O)N1CCCN(C(=O)C2CCCN(C(=O)c3ccc(Cl)cc3)C2)CC1. The van der Waals surface area contributed by atoms with E-state index in [0.717, 1.165) is 19.3 Å². The maximum Gasteiger partial charge on any atom is 0.253 e. The van der Waals surface area contributed by atoms with Crippen molar-refractivity contribution >= 4 is 29.3 Å². The van der Waals surface area contributed by atoms with Gasteiger partial charge in [-0.05, 0) is 43.5 Å². The van der Waals surface area contributed by atoms with Gasteiger partial charge in [-0.1, -0.05) is 11.6 Å². The molecule has 2 heterocycles. The van der Waals surface area contributed by atoms with Gasteiger partial charge in [-0.15, -0.1) is 0 Å². The summed E-state index contributed by atoms with van der Waals surface area (Å²) in [5.41, 5.74) is 0.597. The van der Waals surface area contributed by atoms with Gasteiger partial charge in [-0.3, -0.25) is 14.4 Å². The number of amides is 3. The highest BCUT2D eigenvalue weighted by molar-refractivity contribution is 6.30. The van der Waals surface area contributed by atoms with Crippen LogP contribution in [0.15, 0.2) is 24.3 Å². The predicted octanol–water partition coefficient (Wildman–Crippen LogP) is 2.27. The van der Waals surface area contributed by atoms with E-state index in [2.05, 4.69) is 0 Å². The minimum atomic E-state index is -0.168. The van der Waals surface area contributed by atoms with Gasteiger partial charge < -0.3 is 14.7 Å². The number of rotatable bonds is 2. The number of halogens is 1. The Labute approximate surface area is 165 Å². The predicted molar refractivity (Wildman–Crippen MR) is 104 cm³/mol. The molecule has 2 aliphatic heterocycles. The van der Waals surface area contributed by atoms with E-state index in [-0.39, 0.29) is 23.6 Å². The molecule has 2 aliphatic rings. The van der Waals surface area contributed by atoms with Crippen LogP contribution in [0.2, 0.25) is 5.02 Å². The lowest BCUT2D eigenvalue weighted by atomic mass is 9.95. The molecule has 6 nitrogen and oxygen atoms in total. The van der Waals surface area contributed by atoms with Crippen molar-refractivity contribution in [1.29, 1.82) is 0 Å². The van der Waals surface area contributed by atoms with Crippen LogP contribution in [0.1, 0.15) is 36.5 Å². The van der Waals surface area contributed by atoms with Crippen LogP contribution in [-0.2, 0) is 9.59 Å². The van der Waals surface area contributed by atoms with Gasteiger partial charge in [0, 0.05) is 56.8 Å². The molecule has 146 valence electrons. The third kappa shape index (κ3) is 4.80. The molecule has 0 aromatic heterocycles. The molecule has 27 heavy (non-hydrogen) atoms. The molecule has 0 N–H and O–H groups in total. The fourth-order valence-corrected chi connectivity index (χ4v) is 3.98. The number of carbonyl (C=O) groups excluding carboxylic acids is 3. The van der Waals surface area contributed by atoms with Gasteiger partial charge in [0.1, 0.15) is 0 Å². The van der Waals surface area contributed by atoms with Crippen molar-refractivity contribution in [3.05, 3.63) is 34.9 Å². The summed E-state index contributed by atoms with van der Waals surface area (Å²) in [7, 11) is 0. The van der Waals surface area contributed by atoms with Crippen molar-refractivity contribution in [2.24, 2.45) is 5.92 Å². The summed E-state index contributed by atoms with van der Waals surface area (Å²) in [6.45, 7) is 5.21. The van der Waals surface area contributed by atoms with Crippen LogP contribution >= 0.6 is 11.6 Å². The fourth-order valence-electron chi connectivity index (χ4n) is 3.85. The van der Waals surface area contributed by atoms with E-state index in [9.17, 15) is 14.4 Å². The molecule has 7 heteroatoms. The quantitative estimate of drug-likeness (QED) is 0.777. The van der Waals surface area contributed by atoms with Crippen LogP contribution in [0.3, 0.4) is 0 Å². The summed E-state index contributed by atoms with van der Waals surface area (Å²) in [5.74, 6) is -0.0580. The Balaban J connectivity index is 1.61. The summed E-state index contributed by atoms with van der Waals surface area (Å²) in [4.78, 5) is 42.7. The van der Waals surface area contributed by atoms with E-state index in [1.165, 1.54) is 0 Å². The van der Waals surface area contributed by atoms with Gasteiger partial charge in [-0.2, -0.15) is 0 Å². The molecule has 1 unspecified atom stereocenters. The number of hydrogen-bond donors (Lipinski definition) is 0.